The Balaban J connectivity index is 4.31. The molecule has 1 atom stereocenters. The van der Waals surface area contributed by atoms with Crippen LogP contribution in [0.2, 0.25) is 0 Å². The van der Waals surface area contributed by atoms with E-state index in [4.69, 9.17) is 14.2 Å². The topological polar surface area (TPSA) is 78.9 Å². The normalized spacial score (nSPS) is 12.5. The highest BCUT2D eigenvalue weighted by Gasteiger charge is 2.19. The lowest BCUT2D eigenvalue weighted by Gasteiger charge is -2.18. The van der Waals surface area contributed by atoms with Crippen LogP contribution in [0.15, 0.2) is 72.9 Å². The zero-order chi connectivity index (χ0) is 57.8. The van der Waals surface area contributed by atoms with E-state index in [0.717, 1.165) is 109 Å². The Kier molecular flexibility index (Phi) is 65.7. The summed E-state index contributed by atoms with van der Waals surface area (Å²) in [7, 11) is 0. The third kappa shape index (κ3) is 65.7. The number of carbonyl (C=O) groups excluding carboxylic acids is 3. The predicted octanol–water partition coefficient (Wildman–Crippen LogP) is 24.1. The van der Waals surface area contributed by atoms with Crippen molar-refractivity contribution < 1.29 is 28.6 Å². The molecule has 0 spiro atoms. The van der Waals surface area contributed by atoms with E-state index in [-0.39, 0.29) is 31.1 Å². The first kappa shape index (κ1) is 76.9. The molecule has 0 bridgehead atoms. The average Bonchev–Trinajstić information content (AvgIpc) is 3.46. The molecular weight excluding hydrogens is 985 g/mol. The van der Waals surface area contributed by atoms with Gasteiger partial charge in [0, 0.05) is 19.3 Å². The van der Waals surface area contributed by atoms with Gasteiger partial charge in [0.15, 0.2) is 6.10 Å². The highest BCUT2D eigenvalue weighted by atomic mass is 16.6. The van der Waals surface area contributed by atoms with E-state index in [1.807, 2.05) is 0 Å². The van der Waals surface area contributed by atoms with Gasteiger partial charge in [-0.15, -0.1) is 0 Å². The Morgan fingerprint density at radius 2 is 0.487 bits per heavy atom. The SMILES string of the molecule is CC/C=C\C/C=C\C/C=C\C/C=C\CCCCCCCCC(=O)OC(COC(=O)CCCCCCCCC/C=C\C/C=C\CCCCC)COC(=O)CCCCCCCCCCCCCCCCCCCCCCCCCCCC. The van der Waals surface area contributed by atoms with E-state index in [1.165, 1.54) is 212 Å². The Bertz CT molecular complexity index is 1470. The van der Waals surface area contributed by atoms with E-state index in [9.17, 15) is 14.4 Å². The fraction of sp³-hybridized carbons (Fsp3) is 0.797. The Hall–Kier alpha value is -3.15. The molecule has 6 nitrogen and oxygen atoms in total. The molecule has 0 saturated heterocycles. The molecule has 6 heteroatoms. The van der Waals surface area contributed by atoms with E-state index in [0.29, 0.717) is 19.3 Å². The number of allylic oxidation sites excluding steroid dienone is 12. The van der Waals surface area contributed by atoms with E-state index < -0.39 is 6.10 Å². The van der Waals surface area contributed by atoms with Crippen LogP contribution < -0.4 is 0 Å². The number of esters is 3. The average molecular weight is 1120 g/mol. The first-order valence-electron chi connectivity index (χ1n) is 34.9. The third-order valence-electron chi connectivity index (χ3n) is 15.4. The van der Waals surface area contributed by atoms with Crippen molar-refractivity contribution in [3.8, 4) is 0 Å². The quantitative estimate of drug-likeness (QED) is 0.0261. The van der Waals surface area contributed by atoms with Gasteiger partial charge >= 0.3 is 17.9 Å². The second-order valence-electron chi connectivity index (χ2n) is 23.4. The van der Waals surface area contributed by atoms with Crippen molar-refractivity contribution in [1.82, 2.24) is 0 Å². The van der Waals surface area contributed by atoms with Crippen LogP contribution in [0.25, 0.3) is 0 Å². The smallest absolute Gasteiger partial charge is 0.306 e. The van der Waals surface area contributed by atoms with Gasteiger partial charge in [-0.05, 0) is 89.9 Å². The molecule has 0 aromatic rings. The number of ether oxygens (including phenoxy) is 3. The fourth-order valence-corrected chi connectivity index (χ4v) is 10.2. The van der Waals surface area contributed by atoms with Crippen LogP contribution in [-0.4, -0.2) is 37.2 Å². The van der Waals surface area contributed by atoms with Crippen LogP contribution in [0.5, 0.6) is 0 Å². The lowest BCUT2D eigenvalue weighted by Crippen LogP contribution is -2.30. The highest BCUT2D eigenvalue weighted by Crippen LogP contribution is 2.18. The van der Waals surface area contributed by atoms with E-state index in [1.54, 1.807) is 0 Å². The molecule has 0 amide bonds. The molecule has 0 aliphatic rings. The summed E-state index contributed by atoms with van der Waals surface area (Å²) in [6.07, 6.45) is 89.3. The molecule has 0 aromatic heterocycles. The molecular formula is C74H132O6. The summed E-state index contributed by atoms with van der Waals surface area (Å²) in [5.41, 5.74) is 0. The van der Waals surface area contributed by atoms with Crippen molar-refractivity contribution in [3.63, 3.8) is 0 Å². The van der Waals surface area contributed by atoms with Crippen molar-refractivity contribution in [2.45, 2.75) is 367 Å². The maximum atomic E-state index is 12.9. The summed E-state index contributed by atoms with van der Waals surface area (Å²) < 4.78 is 17.0. The van der Waals surface area contributed by atoms with E-state index >= 15 is 0 Å². The van der Waals surface area contributed by atoms with Crippen molar-refractivity contribution in [1.29, 1.82) is 0 Å². The van der Waals surface area contributed by atoms with Gasteiger partial charge in [0.2, 0.25) is 0 Å². The van der Waals surface area contributed by atoms with E-state index in [2.05, 4.69) is 93.7 Å². The Morgan fingerprint density at radius 3 is 0.787 bits per heavy atom. The summed E-state index contributed by atoms with van der Waals surface area (Å²) in [6.45, 7) is 6.54. The van der Waals surface area contributed by atoms with Gasteiger partial charge in [0.05, 0.1) is 0 Å². The van der Waals surface area contributed by atoms with Gasteiger partial charge in [0.25, 0.3) is 0 Å². The van der Waals surface area contributed by atoms with Crippen molar-refractivity contribution in [3.05, 3.63) is 72.9 Å². The van der Waals surface area contributed by atoms with Crippen LogP contribution >= 0.6 is 0 Å². The van der Waals surface area contributed by atoms with Crippen LogP contribution in [0, 0.1) is 0 Å². The Labute approximate surface area is 497 Å². The van der Waals surface area contributed by atoms with Crippen LogP contribution in [0.1, 0.15) is 361 Å². The van der Waals surface area contributed by atoms with Crippen molar-refractivity contribution in [2.75, 3.05) is 13.2 Å². The van der Waals surface area contributed by atoms with Gasteiger partial charge in [-0.1, -0.05) is 325 Å². The van der Waals surface area contributed by atoms with Crippen molar-refractivity contribution in [2.24, 2.45) is 0 Å². The van der Waals surface area contributed by atoms with Crippen LogP contribution in [-0.2, 0) is 28.6 Å². The molecule has 0 aliphatic carbocycles. The minimum atomic E-state index is -0.787. The molecule has 0 saturated carbocycles. The van der Waals surface area contributed by atoms with Gasteiger partial charge in [-0.2, -0.15) is 0 Å². The Morgan fingerprint density at radius 1 is 0.263 bits per heavy atom. The largest absolute Gasteiger partial charge is 0.462 e. The number of unbranched alkanes of at least 4 members (excludes halogenated alkanes) is 41. The van der Waals surface area contributed by atoms with Gasteiger partial charge in [-0.3, -0.25) is 14.4 Å². The summed E-state index contributed by atoms with van der Waals surface area (Å²) in [6, 6.07) is 0. The molecule has 0 aromatic carbocycles. The first-order chi connectivity index (χ1) is 39.5. The summed E-state index contributed by atoms with van der Waals surface area (Å²) in [5, 5.41) is 0. The fourth-order valence-electron chi connectivity index (χ4n) is 10.2. The minimum Gasteiger partial charge on any atom is -0.462 e. The number of rotatable bonds is 64. The molecule has 0 N–H and O–H groups in total. The summed E-state index contributed by atoms with van der Waals surface area (Å²) in [5.74, 6) is -0.883. The maximum absolute atomic E-state index is 12.9. The maximum Gasteiger partial charge on any atom is 0.306 e. The van der Waals surface area contributed by atoms with Crippen LogP contribution in [0.4, 0.5) is 0 Å². The highest BCUT2D eigenvalue weighted by molar-refractivity contribution is 5.71. The summed E-state index contributed by atoms with van der Waals surface area (Å²) >= 11 is 0. The lowest BCUT2D eigenvalue weighted by atomic mass is 10.0. The molecule has 80 heavy (non-hydrogen) atoms. The molecule has 0 fully saturated rings. The molecule has 1 unspecified atom stereocenters. The minimum absolute atomic E-state index is 0.0808. The molecule has 0 radical (unpaired) electrons. The number of hydrogen-bond acceptors (Lipinski definition) is 6. The molecule has 0 heterocycles. The molecule has 0 aliphatic heterocycles. The molecule has 0 rings (SSSR count). The standard InChI is InChI=1S/C74H132O6/c1-4-7-10-13-16-19-22-25-28-31-33-34-35-36-37-38-39-41-43-46-49-52-55-58-61-64-67-73(76)79-70-71(69-78-72(75)66-63-60-57-54-51-48-45-42-30-27-24-21-18-15-12-9-6-3)80-74(77)68-65-62-59-56-53-50-47-44-40-32-29-26-23-20-17-14-11-8-5-2/h8,11,17-18,20-21,26-27,29-30,40,44,71H,4-7,9-10,12-16,19,22-25,28,31-39,41-43,45-70H2,1-3H3/b11-8-,20-17-,21-18-,29-26-,30-27-,44-40-. The number of hydrogen-bond donors (Lipinski definition) is 0. The lowest BCUT2D eigenvalue weighted by molar-refractivity contribution is -0.167. The zero-order valence-corrected chi connectivity index (χ0v) is 53.3. The number of carbonyl (C=O) groups is 3. The van der Waals surface area contributed by atoms with Gasteiger partial charge in [-0.25, -0.2) is 0 Å². The predicted molar refractivity (Wildman–Crippen MR) is 348 cm³/mol. The zero-order valence-electron chi connectivity index (χ0n) is 53.3. The molecule has 464 valence electrons. The monoisotopic (exact) mass is 1120 g/mol. The van der Waals surface area contributed by atoms with Gasteiger partial charge < -0.3 is 14.2 Å². The van der Waals surface area contributed by atoms with Crippen LogP contribution in [0.3, 0.4) is 0 Å². The van der Waals surface area contributed by atoms with Gasteiger partial charge in [0.1, 0.15) is 13.2 Å². The third-order valence-corrected chi connectivity index (χ3v) is 15.4. The second-order valence-corrected chi connectivity index (χ2v) is 23.4. The second kappa shape index (κ2) is 68.3. The first-order valence-corrected chi connectivity index (χ1v) is 34.9. The summed E-state index contributed by atoms with van der Waals surface area (Å²) in [4.78, 5) is 38.4. The van der Waals surface area contributed by atoms with Crippen molar-refractivity contribution >= 4 is 17.9 Å².